The van der Waals surface area contributed by atoms with Crippen LogP contribution >= 0.6 is 0 Å². The summed E-state index contributed by atoms with van der Waals surface area (Å²) in [5, 5.41) is 2.26. The van der Waals surface area contributed by atoms with Crippen LogP contribution in [0.15, 0.2) is 144 Å². The molecule has 0 saturated heterocycles. The molecule has 0 unspecified atom stereocenters. The summed E-state index contributed by atoms with van der Waals surface area (Å²) in [6.07, 6.45) is 3.69. The average molecular weight is 474 g/mol. The quantitative estimate of drug-likeness (QED) is 0.254. The highest BCUT2D eigenvalue weighted by Gasteiger charge is 2.17. The topological polar surface area (TPSA) is 26.0 Å². The van der Waals surface area contributed by atoms with Gasteiger partial charge < -0.3 is 4.42 Å². The van der Waals surface area contributed by atoms with E-state index in [1.165, 1.54) is 16.7 Å². The van der Waals surface area contributed by atoms with Crippen molar-refractivity contribution in [2.24, 2.45) is 0 Å². The number of nitrogens with zero attached hydrogens (tertiary/aromatic N) is 1. The van der Waals surface area contributed by atoms with Crippen molar-refractivity contribution in [2.75, 3.05) is 0 Å². The van der Waals surface area contributed by atoms with Gasteiger partial charge in [-0.15, -0.1) is 0 Å². The highest BCUT2D eigenvalue weighted by molar-refractivity contribution is 6.13. The van der Waals surface area contributed by atoms with Crippen LogP contribution in [0.5, 0.6) is 0 Å². The Morgan fingerprint density at radius 1 is 0.378 bits per heavy atom. The van der Waals surface area contributed by atoms with Crippen LogP contribution in [0.25, 0.3) is 66.4 Å². The lowest BCUT2D eigenvalue weighted by Gasteiger charge is -2.10. The van der Waals surface area contributed by atoms with Crippen molar-refractivity contribution >= 4 is 21.9 Å². The molecular weight excluding hydrogens is 450 g/mol. The van der Waals surface area contributed by atoms with Gasteiger partial charge in [0.15, 0.2) is 0 Å². The Kier molecular flexibility index (Phi) is 5.15. The van der Waals surface area contributed by atoms with Crippen LogP contribution in [0.2, 0.25) is 0 Å². The minimum atomic E-state index is 0.913. The zero-order valence-corrected chi connectivity index (χ0v) is 20.1. The maximum Gasteiger partial charge on any atom is 0.143 e. The Morgan fingerprint density at radius 2 is 0.946 bits per heavy atom. The van der Waals surface area contributed by atoms with Gasteiger partial charge in [0, 0.05) is 34.3 Å². The first-order valence-electron chi connectivity index (χ1n) is 12.5. The zero-order valence-electron chi connectivity index (χ0n) is 20.1. The number of hydrogen-bond donors (Lipinski definition) is 0. The summed E-state index contributed by atoms with van der Waals surface area (Å²) in [7, 11) is 0. The first-order valence-corrected chi connectivity index (χ1v) is 12.5. The molecule has 7 rings (SSSR count). The minimum Gasteiger partial charge on any atom is -0.455 e. The van der Waals surface area contributed by atoms with E-state index in [0.29, 0.717) is 0 Å². The second-order valence-electron chi connectivity index (χ2n) is 9.20. The van der Waals surface area contributed by atoms with E-state index in [1.807, 2.05) is 12.3 Å². The van der Waals surface area contributed by atoms with Crippen LogP contribution in [0, 0.1) is 0 Å². The van der Waals surface area contributed by atoms with Crippen molar-refractivity contribution < 1.29 is 4.42 Å². The lowest BCUT2D eigenvalue weighted by molar-refractivity contribution is 0.671. The van der Waals surface area contributed by atoms with E-state index in [1.54, 1.807) is 6.20 Å². The summed E-state index contributed by atoms with van der Waals surface area (Å²) in [5.41, 5.74) is 11.0. The molecule has 0 radical (unpaired) electrons. The standard InChI is InChI=1S/C35H23NO/c1-2-9-25(10-3-1)28-12-4-5-13-30(28)31-15-7-17-33-32-16-6-14-29(34(32)37-35(31)33)26-20-18-24(19-21-26)27-11-8-22-36-23-27/h1-23H. The SMILES string of the molecule is c1ccc(-c2ccccc2-c2cccc3c2oc2c(-c4ccc(-c5cccnc5)cc4)cccc23)cc1. The predicted molar refractivity (Wildman–Crippen MR) is 153 cm³/mol. The van der Waals surface area contributed by atoms with Gasteiger partial charge >= 0.3 is 0 Å². The van der Waals surface area contributed by atoms with Crippen molar-refractivity contribution in [3.8, 4) is 44.5 Å². The van der Waals surface area contributed by atoms with Gasteiger partial charge in [-0.2, -0.15) is 0 Å². The number of pyridine rings is 1. The highest BCUT2D eigenvalue weighted by Crippen LogP contribution is 2.42. The molecule has 0 aliphatic carbocycles. The lowest BCUT2D eigenvalue weighted by Crippen LogP contribution is -1.85. The summed E-state index contributed by atoms with van der Waals surface area (Å²) < 4.78 is 6.72. The summed E-state index contributed by atoms with van der Waals surface area (Å²) in [6, 6.07) is 44.6. The molecule has 7 aromatic rings. The van der Waals surface area contributed by atoms with Crippen molar-refractivity contribution in [2.45, 2.75) is 0 Å². The average Bonchev–Trinajstić information content (AvgIpc) is 3.37. The third kappa shape index (κ3) is 3.71. The van der Waals surface area contributed by atoms with Gasteiger partial charge in [0.05, 0.1) is 0 Å². The van der Waals surface area contributed by atoms with Gasteiger partial charge in [-0.3, -0.25) is 4.98 Å². The Balaban J connectivity index is 1.39. The molecule has 0 aliphatic heterocycles. The molecule has 174 valence electrons. The second kappa shape index (κ2) is 8.92. The molecule has 0 spiro atoms. The van der Waals surface area contributed by atoms with E-state index in [2.05, 4.69) is 126 Å². The summed E-state index contributed by atoms with van der Waals surface area (Å²) >= 11 is 0. The minimum absolute atomic E-state index is 0.913. The van der Waals surface area contributed by atoms with Crippen LogP contribution in [0.1, 0.15) is 0 Å². The van der Waals surface area contributed by atoms with Gasteiger partial charge in [-0.25, -0.2) is 0 Å². The molecule has 0 saturated carbocycles. The molecule has 0 fully saturated rings. The molecule has 2 heterocycles. The van der Waals surface area contributed by atoms with E-state index in [4.69, 9.17) is 4.42 Å². The third-order valence-corrected chi connectivity index (χ3v) is 7.02. The molecular formula is C35H23NO. The van der Waals surface area contributed by atoms with Gasteiger partial charge in [-0.05, 0) is 39.4 Å². The zero-order chi connectivity index (χ0) is 24.6. The monoisotopic (exact) mass is 473 g/mol. The van der Waals surface area contributed by atoms with Crippen molar-refractivity contribution in [1.29, 1.82) is 0 Å². The van der Waals surface area contributed by atoms with Gasteiger partial charge in [0.1, 0.15) is 11.2 Å². The smallest absolute Gasteiger partial charge is 0.143 e. The molecule has 37 heavy (non-hydrogen) atoms. The Morgan fingerprint density at radius 3 is 1.68 bits per heavy atom. The molecule has 0 bridgehead atoms. The summed E-state index contributed by atoms with van der Waals surface area (Å²) in [5.74, 6) is 0. The first kappa shape index (κ1) is 21.3. The molecule has 0 N–H and O–H groups in total. The van der Waals surface area contributed by atoms with E-state index in [9.17, 15) is 0 Å². The van der Waals surface area contributed by atoms with Crippen molar-refractivity contribution in [3.63, 3.8) is 0 Å². The number of benzene rings is 5. The van der Waals surface area contributed by atoms with E-state index >= 15 is 0 Å². The predicted octanol–water partition coefficient (Wildman–Crippen LogP) is 9.65. The first-order chi connectivity index (χ1) is 18.4. The summed E-state index contributed by atoms with van der Waals surface area (Å²) in [6.45, 7) is 0. The van der Waals surface area contributed by atoms with Crippen LogP contribution < -0.4 is 0 Å². The van der Waals surface area contributed by atoms with Crippen LogP contribution in [-0.2, 0) is 0 Å². The maximum atomic E-state index is 6.72. The number of rotatable bonds is 4. The number of hydrogen-bond acceptors (Lipinski definition) is 2. The van der Waals surface area contributed by atoms with Gasteiger partial charge in [0.25, 0.3) is 0 Å². The van der Waals surface area contributed by atoms with Crippen LogP contribution in [0.4, 0.5) is 0 Å². The largest absolute Gasteiger partial charge is 0.455 e. The second-order valence-corrected chi connectivity index (χ2v) is 9.20. The number of fused-ring (bicyclic) bond motifs is 3. The molecule has 2 heteroatoms. The number of aromatic nitrogens is 1. The van der Waals surface area contributed by atoms with Crippen molar-refractivity contribution in [3.05, 3.63) is 140 Å². The van der Waals surface area contributed by atoms with E-state index < -0.39 is 0 Å². The van der Waals surface area contributed by atoms with Gasteiger partial charge in [-0.1, -0.05) is 121 Å². The summed E-state index contributed by atoms with van der Waals surface area (Å²) in [4.78, 5) is 4.25. The van der Waals surface area contributed by atoms with Crippen molar-refractivity contribution in [1.82, 2.24) is 4.98 Å². The Bertz CT molecular complexity index is 1850. The number of para-hydroxylation sites is 2. The molecule has 2 nitrogen and oxygen atoms in total. The Labute approximate surface area is 215 Å². The highest BCUT2D eigenvalue weighted by atomic mass is 16.3. The maximum absolute atomic E-state index is 6.72. The molecule has 0 aliphatic rings. The van der Waals surface area contributed by atoms with Gasteiger partial charge in [0.2, 0.25) is 0 Å². The fourth-order valence-electron chi connectivity index (χ4n) is 5.22. The molecule has 0 atom stereocenters. The Hall–Kier alpha value is -4.95. The molecule has 2 aromatic heterocycles. The third-order valence-electron chi connectivity index (χ3n) is 7.02. The molecule has 0 amide bonds. The van der Waals surface area contributed by atoms with Crippen LogP contribution in [-0.4, -0.2) is 4.98 Å². The van der Waals surface area contributed by atoms with E-state index in [0.717, 1.165) is 49.8 Å². The molecule has 5 aromatic carbocycles. The fraction of sp³-hybridized carbons (Fsp3) is 0. The van der Waals surface area contributed by atoms with E-state index in [-0.39, 0.29) is 0 Å². The van der Waals surface area contributed by atoms with Crippen LogP contribution in [0.3, 0.4) is 0 Å². The fourth-order valence-corrected chi connectivity index (χ4v) is 5.22. The lowest BCUT2D eigenvalue weighted by atomic mass is 9.93. The normalized spacial score (nSPS) is 11.2. The number of furan rings is 1.